The molecule has 15 heteroatoms. The van der Waals surface area contributed by atoms with Crippen molar-refractivity contribution in [2.75, 3.05) is 38.6 Å². The number of H-pyrrole nitrogens is 1. The number of aromatic amines is 1. The zero-order valence-corrected chi connectivity index (χ0v) is 32.7. The van der Waals surface area contributed by atoms with Crippen molar-refractivity contribution in [1.29, 1.82) is 0 Å². The summed E-state index contributed by atoms with van der Waals surface area (Å²) in [4.78, 5) is 46.3. The number of rotatable bonds is 15. The molecule has 2 heterocycles. The normalized spacial score (nSPS) is 18.8. The van der Waals surface area contributed by atoms with Gasteiger partial charge in [0.25, 0.3) is 5.91 Å². The summed E-state index contributed by atoms with van der Waals surface area (Å²) in [5.74, 6) is -12.1. The number of aryl methyl sites for hydroxylation is 1. The van der Waals surface area contributed by atoms with Gasteiger partial charge in [-0.25, -0.2) is 4.98 Å². The highest BCUT2D eigenvalue weighted by atomic mass is 19.3. The molecule has 1 saturated carbocycles. The van der Waals surface area contributed by atoms with Gasteiger partial charge in [0.2, 0.25) is 11.7 Å². The lowest BCUT2D eigenvalue weighted by Crippen LogP contribution is -2.43. The number of carbonyl (C=O) groups excluding carboxylic acids is 3. The summed E-state index contributed by atoms with van der Waals surface area (Å²) in [5, 5.41) is 20.2. The minimum absolute atomic E-state index is 0.0298. The van der Waals surface area contributed by atoms with Crippen molar-refractivity contribution in [2.45, 2.75) is 76.2 Å². The number of ketones is 1. The zero-order valence-electron chi connectivity index (χ0n) is 32.7. The topological polar surface area (TPSA) is 166 Å². The van der Waals surface area contributed by atoms with Gasteiger partial charge in [0.15, 0.2) is 5.82 Å². The third kappa shape index (κ3) is 9.99. The first-order chi connectivity index (χ1) is 27.7. The van der Waals surface area contributed by atoms with Crippen molar-refractivity contribution < 1.29 is 37.1 Å². The molecule has 2 amide bonds. The Morgan fingerprint density at radius 1 is 0.931 bits per heavy atom. The molecule has 2 aliphatic rings. The number of nitrogens with zero attached hydrogens (tertiary/aromatic N) is 3. The van der Waals surface area contributed by atoms with Gasteiger partial charge in [0.05, 0.1) is 0 Å². The molecule has 6 N–H and O–H groups in total. The molecule has 2 fully saturated rings. The van der Waals surface area contributed by atoms with E-state index in [1.54, 1.807) is 0 Å². The molecule has 0 spiro atoms. The number of amides is 2. The molecule has 0 radical (unpaired) electrons. The number of likely N-dealkylation sites (tertiary alicyclic amines) is 1. The van der Waals surface area contributed by atoms with Crippen LogP contribution >= 0.6 is 0 Å². The number of benzene rings is 3. The first-order valence-corrected chi connectivity index (χ1v) is 19.8. The molecule has 0 bridgehead atoms. The number of hydrogen-bond acceptors (Lipinski definition) is 8. The Morgan fingerprint density at radius 3 is 2.21 bits per heavy atom. The van der Waals surface area contributed by atoms with Gasteiger partial charge < -0.3 is 26.4 Å². The van der Waals surface area contributed by atoms with Gasteiger partial charge in [0, 0.05) is 41.1 Å². The summed E-state index contributed by atoms with van der Waals surface area (Å²) in [7, 11) is 2.08. The van der Waals surface area contributed by atoms with Crippen molar-refractivity contribution in [2.24, 2.45) is 23.5 Å². The van der Waals surface area contributed by atoms with Crippen molar-refractivity contribution in [3.05, 3.63) is 89.2 Å². The quantitative estimate of drug-likeness (QED) is 0.0849. The van der Waals surface area contributed by atoms with Crippen molar-refractivity contribution in [3.8, 4) is 22.5 Å². The Kier molecular flexibility index (Phi) is 13.4. The fraction of sp³-hybridized carbons (Fsp3) is 0.465. The average Bonchev–Trinajstić information content (AvgIpc) is 3.73. The van der Waals surface area contributed by atoms with E-state index in [4.69, 9.17) is 10.8 Å². The Labute approximate surface area is 335 Å². The van der Waals surface area contributed by atoms with Gasteiger partial charge in [-0.3, -0.25) is 19.5 Å². The summed E-state index contributed by atoms with van der Waals surface area (Å²) >= 11 is 0. The van der Waals surface area contributed by atoms with Crippen LogP contribution in [0.5, 0.6) is 0 Å². The third-order valence-electron chi connectivity index (χ3n) is 11.6. The van der Waals surface area contributed by atoms with Crippen LogP contribution < -0.4 is 16.4 Å². The number of piperidine rings is 1. The predicted molar refractivity (Wildman–Crippen MR) is 212 cm³/mol. The van der Waals surface area contributed by atoms with Crippen LogP contribution in [0.2, 0.25) is 0 Å². The van der Waals surface area contributed by atoms with Gasteiger partial charge in [-0.2, -0.15) is 22.7 Å². The lowest BCUT2D eigenvalue weighted by molar-refractivity contribution is -0.236. The highest BCUT2D eigenvalue weighted by molar-refractivity contribution is 5.96. The molecule has 1 saturated heterocycles. The van der Waals surface area contributed by atoms with Crippen LogP contribution in [0.4, 0.5) is 23.2 Å². The molecule has 58 heavy (non-hydrogen) atoms. The van der Waals surface area contributed by atoms with Gasteiger partial charge in [0.1, 0.15) is 12.4 Å². The highest BCUT2D eigenvalue weighted by Crippen LogP contribution is 2.41. The van der Waals surface area contributed by atoms with Crippen LogP contribution in [-0.2, 0) is 21.9 Å². The van der Waals surface area contributed by atoms with Crippen molar-refractivity contribution >= 4 is 23.3 Å². The molecule has 6 rings (SSSR count). The Bertz CT molecular complexity index is 2040. The van der Waals surface area contributed by atoms with Gasteiger partial charge >= 0.3 is 11.8 Å². The van der Waals surface area contributed by atoms with Crippen LogP contribution in [0.1, 0.15) is 72.3 Å². The Hall–Kier alpha value is -4.99. The molecule has 1 atom stereocenters. The van der Waals surface area contributed by atoms with E-state index < -0.39 is 30.2 Å². The van der Waals surface area contributed by atoms with E-state index in [1.165, 1.54) is 24.3 Å². The fourth-order valence-corrected chi connectivity index (χ4v) is 7.79. The standard InChI is InChI=1S/C43H51F4N7O4/c1-26-21-32(39(57)50-35-17-19-54(2)20-18-35)13-16-36(26)29-7-3-27(4-8-29)22-33(23-37(56)30-9-5-28(24-48)6-10-30)40(58)49-34-14-11-31(12-15-34)38-51-41(53-52-38)43(46,47)42(44,45)25-55/h3-4,7-8,11-16,21,28,30,33,35,55H,5-6,9-10,17-20,22-25,48H2,1-2H3,(H,49,58)(H,50,57)(H,51,52,53)/t28?,30?,33-/m1/s1. The van der Waals surface area contributed by atoms with Gasteiger partial charge in [-0.1, -0.05) is 30.3 Å². The molecule has 1 aliphatic heterocycles. The van der Waals surface area contributed by atoms with Crippen LogP contribution in [0.25, 0.3) is 22.5 Å². The molecule has 1 aromatic heterocycles. The van der Waals surface area contributed by atoms with E-state index in [1.807, 2.05) is 54.5 Å². The number of halogens is 4. The molecule has 3 aromatic carbocycles. The summed E-state index contributed by atoms with van der Waals surface area (Å²) in [5.41, 5.74) is 10.8. The first-order valence-electron chi connectivity index (χ1n) is 19.8. The average molecular weight is 806 g/mol. The van der Waals surface area contributed by atoms with E-state index in [2.05, 4.69) is 32.7 Å². The number of aliphatic hydroxyl groups is 1. The number of anilines is 1. The predicted octanol–water partition coefficient (Wildman–Crippen LogP) is 6.51. The van der Waals surface area contributed by atoms with Gasteiger partial charge in [-0.05, 0) is 143 Å². The van der Waals surface area contributed by atoms with E-state index in [-0.39, 0.29) is 53.8 Å². The van der Waals surface area contributed by atoms with Crippen LogP contribution in [0, 0.1) is 24.7 Å². The third-order valence-corrected chi connectivity index (χ3v) is 11.6. The fourth-order valence-electron chi connectivity index (χ4n) is 7.79. The minimum Gasteiger partial charge on any atom is -0.390 e. The second-order valence-corrected chi connectivity index (χ2v) is 15.8. The number of Topliss-reactive ketones (excluding diaryl/α,β-unsaturated/α-hetero) is 1. The SMILES string of the molecule is Cc1cc(C(=O)NC2CCN(C)CC2)ccc1-c1ccc(C[C@H](CC(=O)C2CCC(CN)CC2)C(=O)Nc2ccc(-c3n[nH]c(C(F)(F)C(F)(F)CO)n3)cc2)cc1. The minimum atomic E-state index is -4.78. The molecule has 11 nitrogen and oxygen atoms in total. The Balaban J connectivity index is 1.14. The summed E-state index contributed by atoms with van der Waals surface area (Å²) in [6, 6.07) is 19.5. The van der Waals surface area contributed by atoms with E-state index in [0.29, 0.717) is 23.7 Å². The van der Waals surface area contributed by atoms with E-state index >= 15 is 0 Å². The summed E-state index contributed by atoms with van der Waals surface area (Å²) in [6.07, 6.45) is 5.38. The molecule has 1 aliphatic carbocycles. The van der Waals surface area contributed by atoms with Crippen molar-refractivity contribution in [1.82, 2.24) is 25.4 Å². The van der Waals surface area contributed by atoms with Crippen LogP contribution in [0.15, 0.2) is 66.7 Å². The maximum absolute atomic E-state index is 14.2. The van der Waals surface area contributed by atoms with E-state index in [9.17, 15) is 31.9 Å². The maximum atomic E-state index is 14.2. The first kappa shape index (κ1) is 42.6. The second-order valence-electron chi connectivity index (χ2n) is 15.8. The van der Waals surface area contributed by atoms with Crippen LogP contribution in [-0.4, -0.2) is 88.0 Å². The van der Waals surface area contributed by atoms with E-state index in [0.717, 1.165) is 73.9 Å². The number of aliphatic hydroxyl groups excluding tert-OH is 1. The second kappa shape index (κ2) is 18.3. The lowest BCUT2D eigenvalue weighted by Gasteiger charge is -2.29. The van der Waals surface area contributed by atoms with Crippen molar-refractivity contribution in [3.63, 3.8) is 0 Å². The number of nitrogens with one attached hydrogen (secondary N) is 3. The number of alkyl halides is 4. The maximum Gasteiger partial charge on any atom is 0.370 e. The molecule has 310 valence electrons. The number of carbonyl (C=O) groups is 3. The lowest BCUT2D eigenvalue weighted by atomic mass is 9.77. The smallest absolute Gasteiger partial charge is 0.370 e. The summed E-state index contributed by atoms with van der Waals surface area (Å²) in [6.45, 7) is 2.39. The molecular weight excluding hydrogens is 755 g/mol. The van der Waals surface area contributed by atoms with Crippen LogP contribution in [0.3, 0.4) is 0 Å². The molecule has 0 unspecified atom stereocenters. The highest BCUT2D eigenvalue weighted by Gasteiger charge is 2.59. The summed E-state index contributed by atoms with van der Waals surface area (Å²) < 4.78 is 55.8. The molecule has 4 aromatic rings. The number of hydrogen-bond donors (Lipinski definition) is 5. The zero-order chi connectivity index (χ0) is 41.6. The van der Waals surface area contributed by atoms with Gasteiger partial charge in [-0.15, -0.1) is 0 Å². The molecular formula is C43H51F4N7O4. The number of nitrogens with two attached hydrogens (primary N) is 1. The monoisotopic (exact) mass is 805 g/mol. The number of aromatic nitrogens is 3. The largest absolute Gasteiger partial charge is 0.390 e. The Morgan fingerprint density at radius 2 is 1.59 bits per heavy atom.